The Morgan fingerprint density at radius 1 is 0.931 bits per heavy atom. The van der Waals surface area contributed by atoms with Crippen molar-refractivity contribution in [2.45, 2.75) is 112 Å². The van der Waals surface area contributed by atoms with Gasteiger partial charge in [-0.15, -0.1) is 0 Å². The molecule has 0 aromatic carbocycles. The van der Waals surface area contributed by atoms with Crippen LogP contribution < -0.4 is 4.57 Å². The highest BCUT2D eigenvalue weighted by Crippen LogP contribution is 2.21. The van der Waals surface area contributed by atoms with Gasteiger partial charge in [-0.05, 0) is 43.4 Å². The number of hydrogen-bond acceptors (Lipinski definition) is 2. The number of hydrogen-bond donors (Lipinski definition) is 0. The van der Waals surface area contributed by atoms with Crippen molar-refractivity contribution in [3.63, 3.8) is 0 Å². The second kappa shape index (κ2) is 13.8. The third kappa shape index (κ3) is 11.4. The lowest BCUT2D eigenvalue weighted by molar-refractivity contribution is -0.677. The quantitative estimate of drug-likeness (QED) is 0.203. The summed E-state index contributed by atoms with van der Waals surface area (Å²) >= 11 is 0. The minimum absolute atomic E-state index is 0.0619. The third-order valence-corrected chi connectivity index (χ3v) is 6.01. The molecule has 0 bridgehead atoms. The number of aromatic nitrogens is 2. The minimum atomic E-state index is -0.106. The number of aryl methyl sites for hydroxylation is 1. The van der Waals surface area contributed by atoms with Gasteiger partial charge in [0.15, 0.2) is 6.54 Å². The van der Waals surface area contributed by atoms with Crippen LogP contribution in [0, 0.1) is 24.7 Å². The molecule has 0 N–H and O–H groups in total. The molecule has 1 aromatic heterocycles. The smallest absolute Gasteiger partial charge is 0.348 e. The number of carbonyl (C=O) groups excluding carboxylic acids is 1. The molecule has 0 aliphatic heterocycles. The lowest BCUT2D eigenvalue weighted by atomic mass is 9.93. The van der Waals surface area contributed by atoms with E-state index in [4.69, 9.17) is 4.74 Å². The van der Waals surface area contributed by atoms with Crippen LogP contribution in [0.3, 0.4) is 0 Å². The molecule has 0 fully saturated rings. The van der Waals surface area contributed by atoms with E-state index in [1.165, 1.54) is 32.1 Å². The van der Waals surface area contributed by atoms with Crippen LogP contribution in [0.25, 0.3) is 0 Å². The van der Waals surface area contributed by atoms with Gasteiger partial charge in [-0.3, -0.25) is 0 Å². The maximum atomic E-state index is 12.6. The molecule has 0 saturated heterocycles. The van der Waals surface area contributed by atoms with Gasteiger partial charge in [0, 0.05) is 6.92 Å². The average Bonchev–Trinajstić information content (AvgIpc) is 2.94. The highest BCUT2D eigenvalue weighted by molar-refractivity contribution is 5.69. The van der Waals surface area contributed by atoms with E-state index in [0.29, 0.717) is 12.5 Å². The molecule has 4 heteroatoms. The molecule has 1 heterocycles. The summed E-state index contributed by atoms with van der Waals surface area (Å²) in [5, 5.41) is 0. The number of imidazole rings is 1. The van der Waals surface area contributed by atoms with E-state index in [2.05, 4.69) is 34.6 Å². The second-order valence-corrected chi connectivity index (χ2v) is 9.88. The van der Waals surface area contributed by atoms with Gasteiger partial charge >= 0.3 is 5.97 Å². The second-order valence-electron chi connectivity index (χ2n) is 9.88. The molecule has 2 unspecified atom stereocenters. The van der Waals surface area contributed by atoms with Crippen LogP contribution in [0.5, 0.6) is 0 Å². The standard InChI is InChI=1S/C25H47N2O2/c1-20(2)11-8-9-14-24(16-15-22(5)13-10-12-21(3)4)29-25(28)19-27-18-17-26(7)23(27)6/h17-18,20-22,24H,8-16,19H2,1-7H3/q+1. The van der Waals surface area contributed by atoms with Gasteiger partial charge in [0.1, 0.15) is 18.5 Å². The Balaban J connectivity index is 2.50. The van der Waals surface area contributed by atoms with Crippen molar-refractivity contribution in [3.8, 4) is 0 Å². The van der Waals surface area contributed by atoms with E-state index in [-0.39, 0.29) is 12.1 Å². The van der Waals surface area contributed by atoms with Gasteiger partial charge < -0.3 is 4.74 Å². The number of nitrogens with zero attached hydrogens (tertiary/aromatic N) is 2. The van der Waals surface area contributed by atoms with Crippen molar-refractivity contribution in [2.75, 3.05) is 0 Å². The van der Waals surface area contributed by atoms with Gasteiger partial charge in [-0.2, -0.15) is 0 Å². The SMILES string of the molecule is Cc1n(CC(=O)OC(CCCCC(C)C)CCC(C)CCCC(C)C)cc[n+]1C. The molecule has 0 radical (unpaired) electrons. The normalized spacial score (nSPS) is 13.8. The summed E-state index contributed by atoms with van der Waals surface area (Å²) in [5.74, 6) is 3.20. The summed E-state index contributed by atoms with van der Waals surface area (Å²) in [6.45, 7) is 13.8. The Morgan fingerprint density at radius 3 is 2.14 bits per heavy atom. The maximum Gasteiger partial charge on any atom is 0.348 e. The molecule has 1 aromatic rings. The monoisotopic (exact) mass is 407 g/mol. The maximum absolute atomic E-state index is 12.6. The first-order valence-electron chi connectivity index (χ1n) is 11.9. The van der Waals surface area contributed by atoms with Crippen LogP contribution in [-0.4, -0.2) is 16.6 Å². The van der Waals surface area contributed by atoms with Gasteiger partial charge in [0.25, 0.3) is 5.82 Å². The molecule has 2 atom stereocenters. The summed E-state index contributed by atoms with van der Waals surface area (Å²) in [5.41, 5.74) is 0. The summed E-state index contributed by atoms with van der Waals surface area (Å²) in [6.07, 6.45) is 14.7. The number of esters is 1. The first-order valence-corrected chi connectivity index (χ1v) is 11.9. The van der Waals surface area contributed by atoms with E-state index < -0.39 is 0 Å². The van der Waals surface area contributed by atoms with Crippen LogP contribution in [0.15, 0.2) is 12.4 Å². The number of unbranched alkanes of at least 4 members (excludes halogenated alkanes) is 1. The topological polar surface area (TPSA) is 35.1 Å². The molecule has 168 valence electrons. The van der Waals surface area contributed by atoms with E-state index >= 15 is 0 Å². The predicted octanol–water partition coefficient (Wildman–Crippen LogP) is 5.99. The largest absolute Gasteiger partial charge is 0.459 e. The van der Waals surface area contributed by atoms with Gasteiger partial charge in [-0.25, -0.2) is 13.9 Å². The van der Waals surface area contributed by atoms with Gasteiger partial charge in [-0.1, -0.05) is 66.7 Å². The van der Waals surface area contributed by atoms with E-state index in [9.17, 15) is 4.79 Å². The Hall–Kier alpha value is -1.32. The highest BCUT2D eigenvalue weighted by Gasteiger charge is 2.19. The first-order chi connectivity index (χ1) is 13.7. The van der Waals surface area contributed by atoms with Crippen LogP contribution in [0.1, 0.15) is 98.2 Å². The molecule has 0 aliphatic carbocycles. The number of rotatable bonds is 15. The lowest BCUT2D eigenvalue weighted by Crippen LogP contribution is -2.31. The average molecular weight is 408 g/mol. The van der Waals surface area contributed by atoms with E-state index in [0.717, 1.165) is 43.3 Å². The van der Waals surface area contributed by atoms with Crippen molar-refractivity contribution in [1.29, 1.82) is 0 Å². The summed E-state index contributed by atoms with van der Waals surface area (Å²) < 4.78 is 9.94. The third-order valence-electron chi connectivity index (χ3n) is 6.01. The molecule has 1 rings (SSSR count). The molecule has 0 saturated carbocycles. The lowest BCUT2D eigenvalue weighted by Gasteiger charge is -2.20. The molecule has 4 nitrogen and oxygen atoms in total. The Morgan fingerprint density at radius 2 is 1.55 bits per heavy atom. The van der Waals surface area contributed by atoms with Crippen LogP contribution >= 0.6 is 0 Å². The Bertz CT molecular complexity index is 577. The van der Waals surface area contributed by atoms with Gasteiger partial charge in [0.2, 0.25) is 0 Å². The van der Waals surface area contributed by atoms with E-state index in [1.54, 1.807) is 0 Å². The fourth-order valence-electron chi connectivity index (χ4n) is 3.80. The van der Waals surface area contributed by atoms with Gasteiger partial charge in [0.05, 0.1) is 7.05 Å². The predicted molar refractivity (Wildman–Crippen MR) is 121 cm³/mol. The molecule has 0 spiro atoms. The van der Waals surface area contributed by atoms with Crippen molar-refractivity contribution >= 4 is 5.97 Å². The van der Waals surface area contributed by atoms with Crippen molar-refractivity contribution in [3.05, 3.63) is 18.2 Å². The van der Waals surface area contributed by atoms with Crippen molar-refractivity contribution in [1.82, 2.24) is 4.57 Å². The molecular formula is C25H47N2O2+. The Kier molecular flexibility index (Phi) is 12.3. The first kappa shape index (κ1) is 25.7. The fourth-order valence-corrected chi connectivity index (χ4v) is 3.80. The summed E-state index contributed by atoms with van der Waals surface area (Å²) in [7, 11) is 2.00. The zero-order valence-electron chi connectivity index (χ0n) is 20.2. The van der Waals surface area contributed by atoms with Crippen molar-refractivity contribution in [2.24, 2.45) is 24.8 Å². The highest BCUT2D eigenvalue weighted by atomic mass is 16.5. The number of carbonyl (C=O) groups is 1. The Labute approximate surface area is 180 Å². The number of ether oxygens (including phenoxy) is 1. The zero-order valence-corrected chi connectivity index (χ0v) is 20.2. The van der Waals surface area contributed by atoms with Crippen LogP contribution in [0.4, 0.5) is 0 Å². The minimum Gasteiger partial charge on any atom is -0.459 e. The molecule has 0 aliphatic rings. The molecule has 29 heavy (non-hydrogen) atoms. The van der Waals surface area contributed by atoms with E-state index in [1.807, 2.05) is 35.5 Å². The van der Waals surface area contributed by atoms with Crippen LogP contribution in [0.2, 0.25) is 0 Å². The summed E-state index contributed by atoms with van der Waals surface area (Å²) in [4.78, 5) is 12.6. The zero-order chi connectivity index (χ0) is 21.8. The molecule has 0 amide bonds. The van der Waals surface area contributed by atoms with Crippen molar-refractivity contribution < 1.29 is 14.1 Å². The molecular weight excluding hydrogens is 360 g/mol. The van der Waals surface area contributed by atoms with Crippen LogP contribution in [-0.2, 0) is 23.1 Å². The summed E-state index contributed by atoms with van der Waals surface area (Å²) in [6, 6.07) is 0. The fraction of sp³-hybridized carbons (Fsp3) is 0.840.